The highest BCUT2D eigenvalue weighted by Crippen LogP contribution is 2.32. The molecule has 0 spiro atoms. The maximum atomic E-state index is 12.2. The molecule has 0 saturated heterocycles. The first kappa shape index (κ1) is 17.6. The minimum absolute atomic E-state index is 0.165. The molecule has 2 aromatic carbocycles. The van der Waals surface area contributed by atoms with Crippen molar-refractivity contribution >= 4 is 29.2 Å². The fourth-order valence-corrected chi connectivity index (χ4v) is 2.36. The van der Waals surface area contributed by atoms with Gasteiger partial charge < -0.3 is 19.2 Å². The van der Waals surface area contributed by atoms with Crippen molar-refractivity contribution < 1.29 is 23.5 Å². The van der Waals surface area contributed by atoms with E-state index in [1.54, 1.807) is 54.6 Å². The molecule has 0 aliphatic heterocycles. The summed E-state index contributed by atoms with van der Waals surface area (Å²) in [7, 11) is 1.31. The first-order valence-electron chi connectivity index (χ1n) is 7.57. The van der Waals surface area contributed by atoms with Crippen molar-refractivity contribution in [3.8, 4) is 11.5 Å². The van der Waals surface area contributed by atoms with E-state index in [1.165, 1.54) is 13.4 Å². The van der Waals surface area contributed by atoms with Gasteiger partial charge in [0, 0.05) is 5.02 Å². The Morgan fingerprint density at radius 1 is 1.08 bits per heavy atom. The number of hydrogen-bond donors (Lipinski definition) is 1. The number of nitrogens with one attached hydrogen (secondary N) is 1. The van der Waals surface area contributed by atoms with Gasteiger partial charge in [-0.2, -0.15) is 0 Å². The summed E-state index contributed by atoms with van der Waals surface area (Å²) in [5, 5.41) is 3.13. The van der Waals surface area contributed by atoms with Crippen LogP contribution in [0.25, 0.3) is 0 Å². The Bertz CT molecular complexity index is 920. The monoisotopic (exact) mass is 371 g/mol. The molecule has 3 aromatic rings. The van der Waals surface area contributed by atoms with E-state index in [2.05, 4.69) is 10.1 Å². The second-order valence-electron chi connectivity index (χ2n) is 5.19. The lowest BCUT2D eigenvalue weighted by atomic mass is 10.2. The molecule has 3 rings (SSSR count). The van der Waals surface area contributed by atoms with E-state index in [0.717, 1.165) is 0 Å². The summed E-state index contributed by atoms with van der Waals surface area (Å²) in [4.78, 5) is 23.7. The highest BCUT2D eigenvalue weighted by molar-refractivity contribution is 6.31. The van der Waals surface area contributed by atoms with E-state index in [-0.39, 0.29) is 5.76 Å². The van der Waals surface area contributed by atoms with Crippen LogP contribution in [0.2, 0.25) is 5.02 Å². The lowest BCUT2D eigenvalue weighted by molar-refractivity contribution is 0.0600. The number of carbonyl (C=O) groups is 2. The Morgan fingerprint density at radius 2 is 1.85 bits per heavy atom. The zero-order chi connectivity index (χ0) is 18.5. The van der Waals surface area contributed by atoms with Gasteiger partial charge in [0.2, 0.25) is 0 Å². The maximum absolute atomic E-state index is 12.2. The topological polar surface area (TPSA) is 77.8 Å². The van der Waals surface area contributed by atoms with Crippen molar-refractivity contribution in [3.63, 3.8) is 0 Å². The molecule has 1 aromatic heterocycles. The van der Waals surface area contributed by atoms with Crippen LogP contribution in [0.3, 0.4) is 0 Å². The number of halogens is 1. The number of ether oxygens (including phenoxy) is 2. The summed E-state index contributed by atoms with van der Waals surface area (Å²) in [6.07, 6.45) is 1.41. The molecule has 0 aliphatic carbocycles. The van der Waals surface area contributed by atoms with Crippen molar-refractivity contribution in [2.45, 2.75) is 0 Å². The Kier molecular flexibility index (Phi) is 5.24. The van der Waals surface area contributed by atoms with Gasteiger partial charge >= 0.3 is 5.97 Å². The minimum Gasteiger partial charge on any atom is -0.465 e. The molecule has 0 radical (unpaired) electrons. The Labute approximate surface area is 154 Å². The van der Waals surface area contributed by atoms with Gasteiger partial charge in [0.25, 0.3) is 5.91 Å². The third-order valence-electron chi connectivity index (χ3n) is 3.44. The third-order valence-corrected chi connectivity index (χ3v) is 3.67. The molecule has 0 atom stereocenters. The standard InChI is InChI=1S/C19H14ClNO5/c1-24-19(23)12-4-7-14(8-5-12)26-16-9-6-13(20)11-15(16)21-18(22)17-3-2-10-25-17/h2-11H,1H3,(H,21,22). The first-order chi connectivity index (χ1) is 12.6. The number of amides is 1. The highest BCUT2D eigenvalue weighted by atomic mass is 35.5. The molecule has 26 heavy (non-hydrogen) atoms. The number of hydrogen-bond acceptors (Lipinski definition) is 5. The smallest absolute Gasteiger partial charge is 0.337 e. The number of furan rings is 1. The number of benzene rings is 2. The summed E-state index contributed by atoms with van der Waals surface area (Å²) in [6.45, 7) is 0. The van der Waals surface area contributed by atoms with E-state index in [1.807, 2.05) is 0 Å². The normalized spacial score (nSPS) is 10.2. The summed E-state index contributed by atoms with van der Waals surface area (Å²) in [5.74, 6) is 0.171. The molecule has 132 valence electrons. The molecule has 0 fully saturated rings. The van der Waals surface area contributed by atoms with Crippen LogP contribution in [-0.4, -0.2) is 19.0 Å². The minimum atomic E-state index is -0.436. The van der Waals surface area contributed by atoms with Gasteiger partial charge in [-0.05, 0) is 54.6 Å². The average Bonchev–Trinajstić information content (AvgIpc) is 3.19. The van der Waals surface area contributed by atoms with Crippen LogP contribution < -0.4 is 10.1 Å². The van der Waals surface area contributed by atoms with Gasteiger partial charge in [0.1, 0.15) is 5.75 Å². The van der Waals surface area contributed by atoms with Crippen LogP contribution >= 0.6 is 11.6 Å². The van der Waals surface area contributed by atoms with E-state index in [0.29, 0.717) is 27.8 Å². The van der Waals surface area contributed by atoms with Gasteiger partial charge in [0.15, 0.2) is 11.5 Å². The zero-order valence-corrected chi connectivity index (χ0v) is 14.4. The van der Waals surface area contributed by atoms with Gasteiger partial charge in [-0.25, -0.2) is 4.79 Å². The average molecular weight is 372 g/mol. The Morgan fingerprint density at radius 3 is 2.50 bits per heavy atom. The lowest BCUT2D eigenvalue weighted by Gasteiger charge is -2.12. The van der Waals surface area contributed by atoms with Gasteiger partial charge in [0.05, 0.1) is 24.6 Å². The molecule has 0 aliphatic rings. The first-order valence-corrected chi connectivity index (χ1v) is 7.95. The van der Waals surface area contributed by atoms with E-state index < -0.39 is 11.9 Å². The van der Waals surface area contributed by atoms with Gasteiger partial charge in [-0.15, -0.1) is 0 Å². The Hall–Kier alpha value is -3.25. The van der Waals surface area contributed by atoms with Crippen molar-refractivity contribution in [1.29, 1.82) is 0 Å². The number of anilines is 1. The molecule has 1 N–H and O–H groups in total. The summed E-state index contributed by atoms with van der Waals surface area (Å²) < 4.78 is 15.5. The van der Waals surface area contributed by atoms with E-state index >= 15 is 0 Å². The molecule has 1 heterocycles. The summed E-state index contributed by atoms with van der Waals surface area (Å²) >= 11 is 6.02. The largest absolute Gasteiger partial charge is 0.465 e. The molecule has 6 nitrogen and oxygen atoms in total. The van der Waals surface area contributed by atoms with Crippen molar-refractivity contribution in [3.05, 3.63) is 77.2 Å². The molecule has 0 saturated carbocycles. The molecular weight excluding hydrogens is 358 g/mol. The predicted octanol–water partition coefficient (Wildman–Crippen LogP) is 4.76. The number of esters is 1. The fraction of sp³-hybridized carbons (Fsp3) is 0.0526. The summed E-state index contributed by atoms with van der Waals surface area (Å²) in [6, 6.07) is 14.4. The van der Waals surface area contributed by atoms with Gasteiger partial charge in [-0.1, -0.05) is 11.6 Å². The van der Waals surface area contributed by atoms with Gasteiger partial charge in [-0.3, -0.25) is 4.79 Å². The van der Waals surface area contributed by atoms with Crippen LogP contribution in [-0.2, 0) is 4.74 Å². The second kappa shape index (κ2) is 7.76. The van der Waals surface area contributed by atoms with Crippen LogP contribution in [0.5, 0.6) is 11.5 Å². The third kappa shape index (κ3) is 4.04. The fourth-order valence-electron chi connectivity index (χ4n) is 2.18. The highest BCUT2D eigenvalue weighted by Gasteiger charge is 2.14. The van der Waals surface area contributed by atoms with Crippen molar-refractivity contribution in [1.82, 2.24) is 0 Å². The Balaban J connectivity index is 1.81. The van der Waals surface area contributed by atoms with Crippen LogP contribution in [0, 0.1) is 0 Å². The second-order valence-corrected chi connectivity index (χ2v) is 5.63. The van der Waals surface area contributed by atoms with Crippen molar-refractivity contribution in [2.24, 2.45) is 0 Å². The molecular formula is C19H14ClNO5. The van der Waals surface area contributed by atoms with Crippen LogP contribution in [0.4, 0.5) is 5.69 Å². The molecule has 0 unspecified atom stereocenters. The number of carbonyl (C=O) groups excluding carboxylic acids is 2. The van der Waals surface area contributed by atoms with Crippen LogP contribution in [0.15, 0.2) is 65.3 Å². The lowest BCUT2D eigenvalue weighted by Crippen LogP contribution is -2.11. The van der Waals surface area contributed by atoms with Crippen molar-refractivity contribution in [2.75, 3.05) is 12.4 Å². The predicted molar refractivity (Wildman–Crippen MR) is 96.0 cm³/mol. The zero-order valence-electron chi connectivity index (χ0n) is 13.7. The number of rotatable bonds is 5. The van der Waals surface area contributed by atoms with E-state index in [9.17, 15) is 9.59 Å². The SMILES string of the molecule is COC(=O)c1ccc(Oc2ccc(Cl)cc2NC(=O)c2ccco2)cc1. The molecule has 7 heteroatoms. The summed E-state index contributed by atoms with van der Waals surface area (Å²) in [5.41, 5.74) is 0.790. The maximum Gasteiger partial charge on any atom is 0.337 e. The van der Waals surface area contributed by atoms with Crippen LogP contribution in [0.1, 0.15) is 20.9 Å². The number of methoxy groups -OCH3 is 1. The molecule has 1 amide bonds. The quantitative estimate of drug-likeness (QED) is 0.654. The molecule has 0 bridgehead atoms. The van der Waals surface area contributed by atoms with E-state index in [4.69, 9.17) is 20.8 Å².